The van der Waals surface area contributed by atoms with E-state index >= 15 is 0 Å². The molecule has 2 amide bonds. The summed E-state index contributed by atoms with van der Waals surface area (Å²) < 4.78 is 28.3. The summed E-state index contributed by atoms with van der Waals surface area (Å²) in [5.74, 6) is -2.79. The number of sulfone groups is 1. The first-order valence-electron chi connectivity index (χ1n) is 6.65. The van der Waals surface area contributed by atoms with Crippen molar-refractivity contribution in [3.05, 3.63) is 29.8 Å². The highest BCUT2D eigenvalue weighted by Crippen LogP contribution is 2.08. The molecule has 0 aromatic heterocycles. The van der Waals surface area contributed by atoms with Gasteiger partial charge in [-0.1, -0.05) is 17.7 Å². The fourth-order valence-electron chi connectivity index (χ4n) is 1.63. The summed E-state index contributed by atoms with van der Waals surface area (Å²) >= 11 is 0. The first kappa shape index (κ1) is 18.1. The van der Waals surface area contributed by atoms with Crippen molar-refractivity contribution in [2.24, 2.45) is 0 Å². The number of carbonyl (C=O) groups excluding carboxylic acids is 2. The van der Waals surface area contributed by atoms with E-state index in [4.69, 9.17) is 4.74 Å². The van der Waals surface area contributed by atoms with Gasteiger partial charge in [0.15, 0.2) is 9.84 Å². The standard InChI is InChI=1S/C14H20N2O5S/c1-11-3-5-12(6-4-11)16-14(18)10-22(19,20)9-13(17)15-7-8-21-2/h3-6H,7-10H2,1-2H3,(H,15,17)(H,16,18). The van der Waals surface area contributed by atoms with Crippen LogP contribution in [0.25, 0.3) is 0 Å². The number of benzene rings is 1. The normalized spacial score (nSPS) is 11.0. The molecule has 0 radical (unpaired) electrons. The van der Waals surface area contributed by atoms with Crippen LogP contribution in [0.1, 0.15) is 5.56 Å². The van der Waals surface area contributed by atoms with Gasteiger partial charge >= 0.3 is 0 Å². The molecule has 0 aliphatic carbocycles. The Morgan fingerprint density at radius 1 is 1.09 bits per heavy atom. The van der Waals surface area contributed by atoms with Crippen LogP contribution in [0.5, 0.6) is 0 Å². The van der Waals surface area contributed by atoms with Crippen molar-refractivity contribution in [3.8, 4) is 0 Å². The average molecular weight is 328 g/mol. The summed E-state index contributed by atoms with van der Waals surface area (Å²) in [4.78, 5) is 23.1. The highest BCUT2D eigenvalue weighted by atomic mass is 32.2. The smallest absolute Gasteiger partial charge is 0.239 e. The van der Waals surface area contributed by atoms with E-state index in [1.54, 1.807) is 24.3 Å². The van der Waals surface area contributed by atoms with Crippen LogP contribution in [0, 0.1) is 6.92 Å². The van der Waals surface area contributed by atoms with E-state index in [1.807, 2.05) is 6.92 Å². The molecular weight excluding hydrogens is 308 g/mol. The topological polar surface area (TPSA) is 102 Å². The van der Waals surface area contributed by atoms with E-state index in [-0.39, 0.29) is 6.54 Å². The SMILES string of the molecule is COCCNC(=O)CS(=O)(=O)CC(=O)Nc1ccc(C)cc1. The summed E-state index contributed by atoms with van der Waals surface area (Å²) in [6.45, 7) is 2.42. The van der Waals surface area contributed by atoms with E-state index in [0.29, 0.717) is 12.3 Å². The third kappa shape index (κ3) is 7.19. The molecule has 8 heteroatoms. The van der Waals surface area contributed by atoms with Gasteiger partial charge in [0.1, 0.15) is 11.5 Å². The molecule has 0 spiro atoms. The monoisotopic (exact) mass is 328 g/mol. The molecule has 0 atom stereocenters. The number of nitrogens with one attached hydrogen (secondary N) is 2. The summed E-state index contributed by atoms with van der Waals surface area (Å²) in [5.41, 5.74) is 1.54. The molecule has 0 fully saturated rings. The molecule has 0 saturated carbocycles. The molecule has 0 aliphatic heterocycles. The van der Waals surface area contributed by atoms with Crippen molar-refractivity contribution in [2.45, 2.75) is 6.92 Å². The van der Waals surface area contributed by atoms with E-state index < -0.39 is 33.2 Å². The molecule has 1 rings (SSSR count). The molecule has 0 bridgehead atoms. The number of ether oxygens (including phenoxy) is 1. The second-order valence-electron chi connectivity index (χ2n) is 4.79. The lowest BCUT2D eigenvalue weighted by Gasteiger charge is -2.07. The summed E-state index contributed by atoms with van der Waals surface area (Å²) in [6.07, 6.45) is 0. The van der Waals surface area contributed by atoms with Crippen molar-refractivity contribution in [1.29, 1.82) is 0 Å². The Bertz CT molecular complexity index is 611. The Hall–Kier alpha value is -1.93. The molecular formula is C14H20N2O5S. The van der Waals surface area contributed by atoms with Crippen molar-refractivity contribution in [1.82, 2.24) is 5.32 Å². The molecule has 0 aliphatic rings. The van der Waals surface area contributed by atoms with Gasteiger partial charge < -0.3 is 15.4 Å². The first-order chi connectivity index (χ1) is 10.3. The largest absolute Gasteiger partial charge is 0.383 e. The van der Waals surface area contributed by atoms with Crippen LogP contribution in [0.3, 0.4) is 0 Å². The predicted octanol–water partition coefficient (Wildman–Crippen LogP) is 0.111. The third-order valence-electron chi connectivity index (χ3n) is 2.67. The van der Waals surface area contributed by atoms with E-state index in [2.05, 4.69) is 10.6 Å². The summed E-state index contributed by atoms with van der Waals surface area (Å²) in [7, 11) is -2.34. The van der Waals surface area contributed by atoms with Gasteiger partial charge in [-0.05, 0) is 19.1 Å². The maximum atomic E-state index is 11.8. The summed E-state index contributed by atoms with van der Waals surface area (Å²) in [5, 5.41) is 4.88. The van der Waals surface area contributed by atoms with E-state index in [1.165, 1.54) is 7.11 Å². The number of aryl methyl sites for hydroxylation is 1. The number of hydrogen-bond donors (Lipinski definition) is 2. The Kier molecular flexibility index (Phi) is 7.00. The number of carbonyl (C=O) groups is 2. The molecule has 2 N–H and O–H groups in total. The molecule has 7 nitrogen and oxygen atoms in total. The molecule has 22 heavy (non-hydrogen) atoms. The number of hydrogen-bond acceptors (Lipinski definition) is 5. The fraction of sp³-hybridized carbons (Fsp3) is 0.429. The van der Waals surface area contributed by atoms with Crippen LogP contribution in [-0.4, -0.2) is 52.0 Å². The minimum absolute atomic E-state index is 0.223. The Morgan fingerprint density at radius 3 is 2.27 bits per heavy atom. The lowest BCUT2D eigenvalue weighted by atomic mass is 10.2. The van der Waals surface area contributed by atoms with Gasteiger partial charge in [0, 0.05) is 19.3 Å². The molecule has 1 aromatic rings. The zero-order chi connectivity index (χ0) is 16.6. The number of rotatable bonds is 8. The average Bonchev–Trinajstić information content (AvgIpc) is 2.40. The fourth-order valence-corrected chi connectivity index (χ4v) is 2.70. The van der Waals surface area contributed by atoms with E-state index in [9.17, 15) is 18.0 Å². The quantitative estimate of drug-likeness (QED) is 0.660. The van der Waals surface area contributed by atoms with Crippen molar-refractivity contribution >= 4 is 27.3 Å². The summed E-state index contributed by atoms with van der Waals surface area (Å²) in [6, 6.07) is 6.95. The molecule has 0 saturated heterocycles. The molecule has 122 valence electrons. The van der Waals surface area contributed by atoms with Crippen LogP contribution in [0.15, 0.2) is 24.3 Å². The number of amides is 2. The second-order valence-corrected chi connectivity index (χ2v) is 6.85. The van der Waals surface area contributed by atoms with Gasteiger partial charge in [-0.25, -0.2) is 8.42 Å². The first-order valence-corrected chi connectivity index (χ1v) is 8.47. The van der Waals surface area contributed by atoms with Crippen LogP contribution in [-0.2, 0) is 24.2 Å². The van der Waals surface area contributed by atoms with Crippen molar-refractivity contribution < 1.29 is 22.7 Å². The van der Waals surface area contributed by atoms with Gasteiger partial charge in [-0.2, -0.15) is 0 Å². The van der Waals surface area contributed by atoms with Gasteiger partial charge in [0.05, 0.1) is 6.61 Å². The number of methoxy groups -OCH3 is 1. The Labute approximate surface area is 130 Å². The lowest BCUT2D eigenvalue weighted by Crippen LogP contribution is -2.35. The highest BCUT2D eigenvalue weighted by Gasteiger charge is 2.20. The number of anilines is 1. The third-order valence-corrected chi connectivity index (χ3v) is 4.07. The highest BCUT2D eigenvalue weighted by molar-refractivity contribution is 7.92. The van der Waals surface area contributed by atoms with Crippen LogP contribution >= 0.6 is 0 Å². The Morgan fingerprint density at radius 2 is 1.68 bits per heavy atom. The van der Waals surface area contributed by atoms with Gasteiger partial charge in [-0.3, -0.25) is 9.59 Å². The van der Waals surface area contributed by atoms with Crippen molar-refractivity contribution in [3.63, 3.8) is 0 Å². The molecule has 1 aromatic carbocycles. The zero-order valence-corrected chi connectivity index (χ0v) is 13.4. The Balaban J connectivity index is 2.47. The van der Waals surface area contributed by atoms with E-state index in [0.717, 1.165) is 5.56 Å². The minimum Gasteiger partial charge on any atom is -0.383 e. The lowest BCUT2D eigenvalue weighted by molar-refractivity contribution is -0.118. The molecule has 0 unspecified atom stereocenters. The van der Waals surface area contributed by atoms with Gasteiger partial charge in [0.2, 0.25) is 11.8 Å². The zero-order valence-electron chi connectivity index (χ0n) is 12.6. The van der Waals surface area contributed by atoms with Crippen LogP contribution < -0.4 is 10.6 Å². The van der Waals surface area contributed by atoms with Crippen LogP contribution in [0.2, 0.25) is 0 Å². The maximum absolute atomic E-state index is 11.8. The maximum Gasteiger partial charge on any atom is 0.239 e. The van der Waals surface area contributed by atoms with Crippen LogP contribution in [0.4, 0.5) is 5.69 Å². The second kappa shape index (κ2) is 8.50. The van der Waals surface area contributed by atoms with Gasteiger partial charge in [-0.15, -0.1) is 0 Å². The van der Waals surface area contributed by atoms with Crippen molar-refractivity contribution in [2.75, 3.05) is 37.1 Å². The minimum atomic E-state index is -3.81. The molecule has 0 heterocycles. The van der Waals surface area contributed by atoms with Gasteiger partial charge in [0.25, 0.3) is 0 Å². The predicted molar refractivity (Wildman–Crippen MR) is 83.3 cm³/mol.